The normalized spacial score (nSPS) is 22.8. The van der Waals surface area contributed by atoms with Crippen LogP contribution in [0.5, 0.6) is 0 Å². The Labute approximate surface area is 120 Å². The van der Waals surface area contributed by atoms with E-state index in [1.165, 1.54) is 4.31 Å². The van der Waals surface area contributed by atoms with Crippen LogP contribution in [0.3, 0.4) is 0 Å². The van der Waals surface area contributed by atoms with E-state index in [2.05, 4.69) is 11.9 Å². The van der Waals surface area contributed by atoms with E-state index in [0.717, 1.165) is 31.6 Å². The summed E-state index contributed by atoms with van der Waals surface area (Å²) in [6, 6.07) is 0. The van der Waals surface area contributed by atoms with Gasteiger partial charge in [0, 0.05) is 31.4 Å². The third-order valence-corrected chi connectivity index (χ3v) is 6.02. The first-order chi connectivity index (χ1) is 9.37. The summed E-state index contributed by atoms with van der Waals surface area (Å²) in [6.07, 6.45) is 4.86. The molecule has 0 radical (unpaired) electrons. The van der Waals surface area contributed by atoms with Crippen LogP contribution in [0, 0.1) is 12.8 Å². The van der Waals surface area contributed by atoms with E-state index in [-0.39, 0.29) is 10.6 Å². The van der Waals surface area contributed by atoms with E-state index in [0.29, 0.717) is 19.0 Å². The van der Waals surface area contributed by atoms with Gasteiger partial charge in [0.05, 0.1) is 0 Å². The van der Waals surface area contributed by atoms with E-state index < -0.39 is 10.0 Å². The second-order valence-electron chi connectivity index (χ2n) is 6.10. The summed E-state index contributed by atoms with van der Waals surface area (Å²) in [7, 11) is -3.48. The second-order valence-corrected chi connectivity index (χ2v) is 7.99. The molecule has 7 heteroatoms. The van der Waals surface area contributed by atoms with Crippen molar-refractivity contribution in [2.24, 2.45) is 11.7 Å². The van der Waals surface area contributed by atoms with E-state index >= 15 is 0 Å². The fraction of sp³-hybridized carbons (Fsp3) is 0.769. The molecule has 3 rings (SSSR count). The van der Waals surface area contributed by atoms with Gasteiger partial charge in [-0.25, -0.2) is 13.4 Å². The summed E-state index contributed by atoms with van der Waals surface area (Å²) < 4.78 is 28.4. The van der Waals surface area contributed by atoms with Gasteiger partial charge in [-0.3, -0.25) is 0 Å². The van der Waals surface area contributed by atoms with E-state index in [1.807, 2.05) is 11.5 Å². The fourth-order valence-electron chi connectivity index (χ4n) is 2.90. The van der Waals surface area contributed by atoms with Crippen LogP contribution in [-0.2, 0) is 16.6 Å². The Morgan fingerprint density at radius 3 is 2.65 bits per heavy atom. The van der Waals surface area contributed by atoms with Crippen LogP contribution in [0.25, 0.3) is 0 Å². The molecule has 0 aromatic carbocycles. The highest BCUT2D eigenvalue weighted by molar-refractivity contribution is 7.89. The summed E-state index contributed by atoms with van der Waals surface area (Å²) in [5.41, 5.74) is 5.93. The van der Waals surface area contributed by atoms with Crippen LogP contribution in [-0.4, -0.2) is 40.9 Å². The highest BCUT2D eigenvalue weighted by Gasteiger charge is 2.54. The number of nitrogens with zero attached hydrogens (tertiary/aromatic N) is 3. The highest BCUT2D eigenvalue weighted by Crippen LogP contribution is 2.44. The molecule has 0 bridgehead atoms. The molecule has 1 aromatic heterocycles. The Kier molecular flexibility index (Phi) is 3.19. The lowest BCUT2D eigenvalue weighted by Gasteiger charge is -2.46. The van der Waals surface area contributed by atoms with Crippen molar-refractivity contribution in [1.82, 2.24) is 13.9 Å². The molecule has 0 unspecified atom stereocenters. The molecule has 0 atom stereocenters. The third-order valence-electron chi connectivity index (χ3n) is 4.35. The number of hydrogen-bond acceptors (Lipinski definition) is 4. The summed E-state index contributed by atoms with van der Waals surface area (Å²) in [5, 5.41) is 0.154. The van der Waals surface area contributed by atoms with Gasteiger partial charge in [0.1, 0.15) is 5.82 Å². The Balaban J connectivity index is 1.77. The minimum Gasteiger partial charge on any atom is -0.334 e. The zero-order valence-corrected chi connectivity index (χ0v) is 12.9. The summed E-state index contributed by atoms with van der Waals surface area (Å²) in [4.78, 5) is 4.20. The molecule has 2 aliphatic rings. The molecule has 1 saturated carbocycles. The number of sulfonamides is 1. The molecule has 20 heavy (non-hydrogen) atoms. The number of aromatic nitrogens is 2. The van der Waals surface area contributed by atoms with Crippen molar-refractivity contribution in [3.05, 3.63) is 12.0 Å². The second kappa shape index (κ2) is 4.54. The average Bonchev–Trinajstić information content (AvgIpc) is 3.12. The molecule has 2 N–H and O–H groups in total. The van der Waals surface area contributed by atoms with Crippen molar-refractivity contribution < 1.29 is 8.42 Å². The largest absolute Gasteiger partial charge is 0.334 e. The number of rotatable bonds is 5. The molecule has 112 valence electrons. The maximum absolute atomic E-state index is 12.5. The van der Waals surface area contributed by atoms with Gasteiger partial charge < -0.3 is 10.3 Å². The Hall–Kier alpha value is -0.920. The lowest BCUT2D eigenvalue weighted by Crippen LogP contribution is -2.69. The molecule has 1 aliphatic carbocycles. The van der Waals surface area contributed by atoms with Crippen molar-refractivity contribution in [3.8, 4) is 0 Å². The van der Waals surface area contributed by atoms with Crippen LogP contribution in [0.1, 0.15) is 32.0 Å². The first kappa shape index (κ1) is 14.0. The maximum Gasteiger partial charge on any atom is 0.262 e. The maximum atomic E-state index is 12.5. The predicted octanol–water partition coefficient (Wildman–Crippen LogP) is 0.713. The highest BCUT2D eigenvalue weighted by atomic mass is 32.2. The van der Waals surface area contributed by atoms with E-state index in [4.69, 9.17) is 5.73 Å². The first-order valence-corrected chi connectivity index (χ1v) is 8.63. The smallest absolute Gasteiger partial charge is 0.262 e. The van der Waals surface area contributed by atoms with Gasteiger partial charge in [0.25, 0.3) is 10.0 Å². The monoisotopic (exact) mass is 298 g/mol. The standard InChI is InChI=1S/C13H22N4O2S/c1-3-6-16-7-12(15-10(16)2)20(18,19)17-8-13(14,9-17)11-4-5-11/h7,11H,3-6,8-9,14H2,1-2H3. The molecule has 0 spiro atoms. The van der Waals surface area contributed by atoms with Gasteiger partial charge in [-0.1, -0.05) is 6.92 Å². The lowest BCUT2D eigenvalue weighted by molar-refractivity contribution is 0.135. The number of hydrogen-bond donors (Lipinski definition) is 1. The predicted molar refractivity (Wildman–Crippen MR) is 75.7 cm³/mol. The van der Waals surface area contributed by atoms with Crippen molar-refractivity contribution in [1.29, 1.82) is 0 Å². The topological polar surface area (TPSA) is 81.2 Å². The molecule has 2 heterocycles. The average molecular weight is 298 g/mol. The summed E-state index contributed by atoms with van der Waals surface area (Å²) >= 11 is 0. The number of imidazole rings is 1. The number of nitrogens with two attached hydrogens (primary N) is 1. The zero-order chi connectivity index (χ0) is 14.5. The summed E-state index contributed by atoms with van der Waals surface area (Å²) in [6.45, 7) is 5.54. The van der Waals surface area contributed by atoms with Crippen LogP contribution in [0.2, 0.25) is 0 Å². The minimum absolute atomic E-state index is 0.154. The van der Waals surface area contributed by atoms with E-state index in [1.54, 1.807) is 6.20 Å². The third kappa shape index (κ3) is 2.17. The molecule has 6 nitrogen and oxygen atoms in total. The van der Waals surface area contributed by atoms with Crippen LogP contribution in [0.4, 0.5) is 0 Å². The zero-order valence-electron chi connectivity index (χ0n) is 12.0. The summed E-state index contributed by atoms with van der Waals surface area (Å²) in [5.74, 6) is 1.25. The molecule has 1 aromatic rings. The fourth-order valence-corrected chi connectivity index (χ4v) is 4.49. The van der Waals surface area contributed by atoms with Gasteiger partial charge in [-0.05, 0) is 32.1 Å². The lowest BCUT2D eigenvalue weighted by atomic mass is 9.88. The van der Waals surface area contributed by atoms with Crippen LogP contribution >= 0.6 is 0 Å². The minimum atomic E-state index is -3.48. The first-order valence-electron chi connectivity index (χ1n) is 7.19. The van der Waals surface area contributed by atoms with Crippen molar-refractivity contribution in [2.45, 2.75) is 50.2 Å². The SMILES string of the molecule is CCCn1cc(S(=O)(=O)N2CC(N)(C3CC3)C2)nc1C. The van der Waals surface area contributed by atoms with E-state index in [9.17, 15) is 8.42 Å². The van der Waals surface area contributed by atoms with Crippen LogP contribution in [0.15, 0.2) is 11.2 Å². The van der Waals surface area contributed by atoms with Crippen molar-refractivity contribution >= 4 is 10.0 Å². The quantitative estimate of drug-likeness (QED) is 0.868. The Bertz CT molecular complexity index is 612. The van der Waals surface area contributed by atoms with Gasteiger partial charge in [0.15, 0.2) is 5.03 Å². The molecule has 1 saturated heterocycles. The molecular formula is C13H22N4O2S. The Morgan fingerprint density at radius 1 is 1.45 bits per heavy atom. The van der Waals surface area contributed by atoms with Gasteiger partial charge in [-0.2, -0.15) is 4.31 Å². The molecular weight excluding hydrogens is 276 g/mol. The van der Waals surface area contributed by atoms with Crippen LogP contribution < -0.4 is 5.73 Å². The molecule has 0 amide bonds. The van der Waals surface area contributed by atoms with Crippen molar-refractivity contribution in [2.75, 3.05) is 13.1 Å². The van der Waals surface area contributed by atoms with Gasteiger partial charge in [0.2, 0.25) is 0 Å². The molecule has 1 aliphatic heterocycles. The van der Waals surface area contributed by atoms with Gasteiger partial charge in [-0.15, -0.1) is 0 Å². The van der Waals surface area contributed by atoms with Crippen molar-refractivity contribution in [3.63, 3.8) is 0 Å². The Morgan fingerprint density at radius 2 is 2.10 bits per heavy atom. The number of aryl methyl sites for hydroxylation is 2. The molecule has 2 fully saturated rings. The van der Waals surface area contributed by atoms with Gasteiger partial charge >= 0.3 is 0 Å².